The van der Waals surface area contributed by atoms with Crippen molar-refractivity contribution < 1.29 is 9.18 Å². The van der Waals surface area contributed by atoms with E-state index in [4.69, 9.17) is 11.6 Å². The van der Waals surface area contributed by atoms with Gasteiger partial charge in [0.05, 0.1) is 0 Å². The van der Waals surface area contributed by atoms with Gasteiger partial charge in [-0.2, -0.15) is 0 Å². The Morgan fingerprint density at radius 2 is 1.68 bits per heavy atom. The second-order valence-electron chi connectivity index (χ2n) is 4.91. The van der Waals surface area contributed by atoms with Crippen LogP contribution in [0.4, 0.5) is 10.1 Å². The standard InChI is InChI=1S/C17H18ClFN2O/c18-14-3-7-16(8-4-14)20-12-10-17(22)21-11-9-13-1-5-15(19)6-2-13/h1-8,20H,9-12H2,(H,21,22). The summed E-state index contributed by atoms with van der Waals surface area (Å²) < 4.78 is 12.8. The van der Waals surface area contributed by atoms with Crippen molar-refractivity contribution in [1.82, 2.24) is 5.32 Å². The van der Waals surface area contributed by atoms with Crippen LogP contribution in [-0.4, -0.2) is 19.0 Å². The maximum Gasteiger partial charge on any atom is 0.221 e. The smallest absolute Gasteiger partial charge is 0.221 e. The largest absolute Gasteiger partial charge is 0.385 e. The first kappa shape index (κ1) is 16.3. The fourth-order valence-electron chi connectivity index (χ4n) is 1.97. The van der Waals surface area contributed by atoms with Gasteiger partial charge in [-0.1, -0.05) is 23.7 Å². The molecule has 0 fully saturated rings. The molecule has 0 saturated heterocycles. The Morgan fingerprint density at radius 3 is 2.36 bits per heavy atom. The van der Waals surface area contributed by atoms with Crippen molar-refractivity contribution in [3.8, 4) is 0 Å². The summed E-state index contributed by atoms with van der Waals surface area (Å²) >= 11 is 5.80. The van der Waals surface area contributed by atoms with Crippen LogP contribution in [0.2, 0.25) is 5.02 Å². The molecule has 0 aliphatic carbocycles. The highest BCUT2D eigenvalue weighted by Gasteiger charge is 2.01. The Morgan fingerprint density at radius 1 is 1.00 bits per heavy atom. The summed E-state index contributed by atoms with van der Waals surface area (Å²) in [7, 11) is 0. The van der Waals surface area contributed by atoms with Gasteiger partial charge in [0.25, 0.3) is 0 Å². The van der Waals surface area contributed by atoms with Crippen molar-refractivity contribution in [3.05, 3.63) is 64.9 Å². The van der Waals surface area contributed by atoms with Gasteiger partial charge in [0, 0.05) is 30.2 Å². The number of hydrogen-bond acceptors (Lipinski definition) is 2. The molecule has 0 spiro atoms. The molecule has 0 unspecified atom stereocenters. The van der Waals surface area contributed by atoms with Gasteiger partial charge in [0.15, 0.2) is 0 Å². The number of benzene rings is 2. The van der Waals surface area contributed by atoms with E-state index in [9.17, 15) is 9.18 Å². The Balaban J connectivity index is 1.61. The zero-order chi connectivity index (χ0) is 15.8. The molecule has 0 radical (unpaired) electrons. The van der Waals surface area contributed by atoms with Crippen molar-refractivity contribution >= 4 is 23.2 Å². The van der Waals surface area contributed by atoms with Crippen LogP contribution in [0.25, 0.3) is 0 Å². The van der Waals surface area contributed by atoms with Gasteiger partial charge in [-0.3, -0.25) is 4.79 Å². The van der Waals surface area contributed by atoms with Crippen LogP contribution in [0.3, 0.4) is 0 Å². The van der Waals surface area contributed by atoms with Crippen LogP contribution in [0.5, 0.6) is 0 Å². The summed E-state index contributed by atoms with van der Waals surface area (Å²) in [4.78, 5) is 11.7. The molecule has 2 N–H and O–H groups in total. The van der Waals surface area contributed by atoms with Crippen LogP contribution in [0.1, 0.15) is 12.0 Å². The molecule has 2 aromatic rings. The van der Waals surface area contributed by atoms with Gasteiger partial charge in [0.1, 0.15) is 5.82 Å². The minimum atomic E-state index is -0.249. The minimum Gasteiger partial charge on any atom is -0.385 e. The fourth-order valence-corrected chi connectivity index (χ4v) is 2.10. The molecule has 0 aliphatic heterocycles. The van der Waals surface area contributed by atoms with Gasteiger partial charge in [-0.05, 0) is 48.4 Å². The molecule has 0 atom stereocenters. The Labute approximate surface area is 134 Å². The van der Waals surface area contributed by atoms with E-state index < -0.39 is 0 Å². The number of hydrogen-bond donors (Lipinski definition) is 2. The number of nitrogens with one attached hydrogen (secondary N) is 2. The first-order chi connectivity index (χ1) is 10.6. The topological polar surface area (TPSA) is 41.1 Å². The molecule has 2 rings (SSSR count). The van der Waals surface area contributed by atoms with E-state index >= 15 is 0 Å². The molecule has 116 valence electrons. The van der Waals surface area contributed by atoms with Crippen LogP contribution in [0, 0.1) is 5.82 Å². The highest BCUT2D eigenvalue weighted by Crippen LogP contribution is 2.13. The van der Waals surface area contributed by atoms with Crippen LogP contribution < -0.4 is 10.6 Å². The number of anilines is 1. The molecule has 0 aliphatic rings. The third-order valence-corrected chi connectivity index (χ3v) is 3.43. The van der Waals surface area contributed by atoms with Gasteiger partial charge in [-0.25, -0.2) is 4.39 Å². The number of amides is 1. The molecular formula is C17H18ClFN2O. The second kappa shape index (κ2) is 8.39. The van der Waals surface area contributed by atoms with Gasteiger partial charge in [0.2, 0.25) is 5.91 Å². The summed E-state index contributed by atoms with van der Waals surface area (Å²) in [6, 6.07) is 13.6. The Hall–Kier alpha value is -2.07. The van der Waals surface area contributed by atoms with Gasteiger partial charge < -0.3 is 10.6 Å². The first-order valence-electron chi connectivity index (χ1n) is 7.14. The van der Waals surface area contributed by atoms with Crippen LogP contribution in [-0.2, 0) is 11.2 Å². The molecule has 0 bridgehead atoms. The minimum absolute atomic E-state index is 0.0106. The third kappa shape index (κ3) is 5.74. The number of carbonyl (C=O) groups is 1. The maximum atomic E-state index is 12.8. The molecule has 1 amide bonds. The van der Waals surface area contributed by atoms with Crippen LogP contribution in [0.15, 0.2) is 48.5 Å². The molecule has 2 aromatic carbocycles. The normalized spacial score (nSPS) is 10.3. The van der Waals surface area contributed by atoms with E-state index in [1.165, 1.54) is 12.1 Å². The highest BCUT2D eigenvalue weighted by molar-refractivity contribution is 6.30. The number of rotatable bonds is 7. The third-order valence-electron chi connectivity index (χ3n) is 3.17. The molecule has 0 saturated carbocycles. The van der Waals surface area contributed by atoms with Crippen LogP contribution >= 0.6 is 11.6 Å². The lowest BCUT2D eigenvalue weighted by atomic mass is 10.1. The van der Waals surface area contributed by atoms with E-state index in [1.54, 1.807) is 24.3 Å². The monoisotopic (exact) mass is 320 g/mol. The summed E-state index contributed by atoms with van der Waals surface area (Å²) in [6.07, 6.45) is 1.09. The van der Waals surface area contributed by atoms with E-state index in [0.717, 1.165) is 11.3 Å². The van der Waals surface area contributed by atoms with Crippen molar-refractivity contribution in [1.29, 1.82) is 0 Å². The van der Waals surface area contributed by atoms with Crippen molar-refractivity contribution in [2.75, 3.05) is 18.4 Å². The average molecular weight is 321 g/mol. The predicted octanol–water partition coefficient (Wildman–Crippen LogP) is 3.64. The molecule has 0 heterocycles. The average Bonchev–Trinajstić information content (AvgIpc) is 2.51. The quantitative estimate of drug-likeness (QED) is 0.817. The Kier molecular flexibility index (Phi) is 6.22. The van der Waals surface area contributed by atoms with Crippen molar-refractivity contribution in [3.63, 3.8) is 0 Å². The lowest BCUT2D eigenvalue weighted by molar-refractivity contribution is -0.120. The second-order valence-corrected chi connectivity index (χ2v) is 5.35. The fraction of sp³-hybridized carbons (Fsp3) is 0.235. The highest BCUT2D eigenvalue weighted by atomic mass is 35.5. The Bertz CT molecular complexity index is 546. The summed E-state index contributed by atoms with van der Waals surface area (Å²) in [6.45, 7) is 1.11. The SMILES string of the molecule is O=C(CCNc1ccc(Cl)cc1)NCCc1ccc(F)cc1. The molecular weight excluding hydrogens is 303 g/mol. The summed E-state index contributed by atoms with van der Waals surface area (Å²) in [5.74, 6) is -0.260. The van der Waals surface area contributed by atoms with Crippen molar-refractivity contribution in [2.24, 2.45) is 0 Å². The maximum absolute atomic E-state index is 12.8. The zero-order valence-electron chi connectivity index (χ0n) is 12.1. The lowest BCUT2D eigenvalue weighted by Crippen LogP contribution is -2.27. The first-order valence-corrected chi connectivity index (χ1v) is 7.52. The molecule has 0 aromatic heterocycles. The zero-order valence-corrected chi connectivity index (χ0v) is 12.9. The molecule has 5 heteroatoms. The van der Waals surface area contributed by atoms with E-state index in [1.807, 2.05) is 12.1 Å². The lowest BCUT2D eigenvalue weighted by Gasteiger charge is -2.08. The number of carbonyl (C=O) groups excluding carboxylic acids is 1. The predicted molar refractivity (Wildman–Crippen MR) is 87.7 cm³/mol. The van der Waals surface area contributed by atoms with E-state index in [2.05, 4.69) is 10.6 Å². The molecule has 3 nitrogen and oxygen atoms in total. The van der Waals surface area contributed by atoms with E-state index in [-0.39, 0.29) is 11.7 Å². The summed E-state index contributed by atoms with van der Waals surface area (Å²) in [5, 5.41) is 6.69. The van der Waals surface area contributed by atoms with Gasteiger partial charge in [-0.15, -0.1) is 0 Å². The number of halogens is 2. The molecule has 22 heavy (non-hydrogen) atoms. The van der Waals surface area contributed by atoms with Gasteiger partial charge >= 0.3 is 0 Å². The summed E-state index contributed by atoms with van der Waals surface area (Å²) in [5.41, 5.74) is 1.93. The van der Waals surface area contributed by atoms with Crippen molar-refractivity contribution in [2.45, 2.75) is 12.8 Å². The van der Waals surface area contributed by atoms with E-state index in [0.29, 0.717) is 31.0 Å².